The number of carbonyl (C=O) groups excluding carboxylic acids is 2. The maximum Gasteiger partial charge on any atom is 0.472 e. The zero-order valence-electron chi connectivity index (χ0n) is 69.1. The molecule has 0 aromatic rings. The topological polar surface area (TPSA) is 684 Å². The van der Waals surface area contributed by atoms with E-state index >= 15 is 0 Å². The Morgan fingerprint density at radius 3 is 0.992 bits per heavy atom. The van der Waals surface area contributed by atoms with E-state index in [0.29, 0.717) is 25.7 Å². The van der Waals surface area contributed by atoms with E-state index in [2.05, 4.69) is 62.5 Å². The highest BCUT2D eigenvalue weighted by Crippen LogP contribution is 2.49. The zero-order valence-corrected chi connectivity index (χ0v) is 70.0. The fraction of sp³-hybridized carbons (Fsp3) is 0.873. The maximum atomic E-state index is 14.5. The van der Waals surface area contributed by atoms with Crippen molar-refractivity contribution in [2.45, 2.75) is 382 Å². The Balaban J connectivity index is 1.01. The number of hydrogen-bond donors (Lipinski definition) is 24. The summed E-state index contributed by atoms with van der Waals surface area (Å²) in [6, 6.07) is 0. The molecule has 6 saturated heterocycles. The normalized spacial score (nSPS) is 39.9. The van der Waals surface area contributed by atoms with Crippen LogP contribution in [0.25, 0.3) is 0 Å². The number of allylic oxidation sites excluding steroid dienone is 8. The number of carbonyl (C=O) groups is 2. The highest BCUT2D eigenvalue weighted by atomic mass is 31.2. The van der Waals surface area contributed by atoms with Gasteiger partial charge in [0.2, 0.25) is 0 Å². The van der Waals surface area contributed by atoms with E-state index in [1.165, 1.54) is 19.3 Å². The van der Waals surface area contributed by atoms with Gasteiger partial charge < -0.3 is 189 Å². The number of rotatable bonds is 52. The Bertz CT molecular complexity index is 3130. The first-order valence-electron chi connectivity index (χ1n) is 42.5. The number of phosphoric ester groups is 1. The molecule has 0 aromatic carbocycles. The summed E-state index contributed by atoms with van der Waals surface area (Å²) in [5.74, 6) is -1.54. The van der Waals surface area contributed by atoms with E-state index in [1.807, 2.05) is 0 Å². The molecule has 6 heterocycles. The lowest BCUT2D eigenvalue weighted by molar-refractivity contribution is -0.365. The third kappa shape index (κ3) is 32.0. The Kier molecular flexibility index (Phi) is 47.2. The highest BCUT2D eigenvalue weighted by molar-refractivity contribution is 7.47. The lowest BCUT2D eigenvalue weighted by Gasteiger charge is -2.49. The minimum atomic E-state index is -5.90. The van der Waals surface area contributed by atoms with E-state index in [4.69, 9.17) is 75.4 Å². The maximum absolute atomic E-state index is 14.5. The van der Waals surface area contributed by atoms with Crippen molar-refractivity contribution >= 4 is 19.8 Å². The third-order valence-corrected chi connectivity index (χ3v) is 23.2. The first kappa shape index (κ1) is 107. The molecule has 1 saturated carbocycles. The van der Waals surface area contributed by atoms with Crippen LogP contribution in [0.3, 0.4) is 0 Å². The molecule has 0 amide bonds. The molecule has 7 aliphatic rings. The van der Waals surface area contributed by atoms with E-state index in [0.717, 1.165) is 83.5 Å². The molecule has 44 heteroatoms. The molecule has 43 nitrogen and oxygen atoms in total. The van der Waals surface area contributed by atoms with Gasteiger partial charge in [0.25, 0.3) is 0 Å². The van der Waals surface area contributed by atoms with Crippen LogP contribution in [0.15, 0.2) is 48.6 Å². The minimum Gasteiger partial charge on any atom is -0.462 e. The number of unbranched alkanes of at least 4 members (excludes halogenated alkanes) is 14. The largest absolute Gasteiger partial charge is 0.472 e. The van der Waals surface area contributed by atoms with Crippen molar-refractivity contribution < 1.29 is 212 Å². The SMILES string of the molecule is CCC/C=C\C/C=C\CCCCCCCC(=O)O[C@H](COC(=O)CCCCCCC/C=C\C/C=C\CCCCC)COP(=O)(O)O[C@@H]1C(O[C@@H]2OC(CO[C@@H]3OC(CO[C@@H]4OC(CO[C@@H]5OC(CO[C@@H]6OC(CO)[C@H](O)C(O)[C@@H]6O)[C@H](O)C(O)[C@@H]5O)[C@H](O)C(O)[C@@H]4O)[C@H](O)C(O)[C@@H]3O)[C@H](O)C(O)[C@@H]2O)C(O)[C@@H](O)C(O)[C@H]1O[C@H]1OC(CO)[C@@H](O)C(O)[C@H]1O. The second-order valence-electron chi connectivity index (χ2n) is 31.8. The number of ether oxygens (including phenoxy) is 14. The average Bonchev–Trinajstić information content (AvgIpc) is 0.757. The molecular formula is C79H135O43P. The Morgan fingerprint density at radius 2 is 0.626 bits per heavy atom. The summed E-state index contributed by atoms with van der Waals surface area (Å²) in [7, 11) is -5.90. The molecule has 0 bridgehead atoms. The van der Waals surface area contributed by atoms with E-state index < -0.39 is 300 Å². The van der Waals surface area contributed by atoms with Crippen LogP contribution in [0.2, 0.25) is 0 Å². The Labute approximate surface area is 712 Å². The molecular weight excluding hydrogens is 1670 g/mol. The van der Waals surface area contributed by atoms with Crippen molar-refractivity contribution in [3.63, 3.8) is 0 Å². The number of esters is 2. The molecule has 1 aliphatic carbocycles. The summed E-state index contributed by atoms with van der Waals surface area (Å²) in [4.78, 5) is 38.4. The van der Waals surface area contributed by atoms with Crippen molar-refractivity contribution in [3.8, 4) is 0 Å². The van der Waals surface area contributed by atoms with Crippen LogP contribution in [0.4, 0.5) is 0 Å². The van der Waals surface area contributed by atoms with Gasteiger partial charge in [-0.05, 0) is 70.6 Å². The van der Waals surface area contributed by atoms with Gasteiger partial charge in [0.15, 0.2) is 43.8 Å². The molecule has 7 fully saturated rings. The van der Waals surface area contributed by atoms with Gasteiger partial charge in [0, 0.05) is 12.8 Å². The average molecular weight is 1800 g/mol. The molecule has 38 atom stereocenters. The van der Waals surface area contributed by atoms with Crippen molar-refractivity contribution in [1.29, 1.82) is 0 Å². The Morgan fingerprint density at radius 1 is 0.325 bits per heavy atom. The molecule has 123 heavy (non-hydrogen) atoms. The summed E-state index contributed by atoms with van der Waals surface area (Å²) in [5, 5.41) is 250. The van der Waals surface area contributed by atoms with E-state index in [1.54, 1.807) is 0 Å². The fourth-order valence-corrected chi connectivity index (χ4v) is 15.6. The summed E-state index contributed by atoms with van der Waals surface area (Å²) >= 11 is 0. The molecule has 0 aromatic heterocycles. The van der Waals surface area contributed by atoms with Crippen LogP contribution in [-0.2, 0) is 89.5 Å². The predicted octanol–water partition coefficient (Wildman–Crippen LogP) is -5.45. The van der Waals surface area contributed by atoms with Crippen molar-refractivity contribution in [2.24, 2.45) is 0 Å². The first-order chi connectivity index (χ1) is 58.7. The highest BCUT2D eigenvalue weighted by Gasteiger charge is 2.60. The quantitative estimate of drug-likeness (QED) is 0.0117. The number of phosphoric acid groups is 1. The van der Waals surface area contributed by atoms with Crippen molar-refractivity contribution in [3.05, 3.63) is 48.6 Å². The fourth-order valence-electron chi connectivity index (χ4n) is 14.6. The van der Waals surface area contributed by atoms with Crippen molar-refractivity contribution in [1.82, 2.24) is 0 Å². The second kappa shape index (κ2) is 54.4. The second-order valence-corrected chi connectivity index (χ2v) is 33.2. The molecule has 7 rings (SSSR count). The molecule has 16 unspecified atom stereocenters. The zero-order chi connectivity index (χ0) is 90.2. The van der Waals surface area contributed by atoms with Gasteiger partial charge in [-0.3, -0.25) is 18.6 Å². The van der Waals surface area contributed by atoms with Gasteiger partial charge in [-0.1, -0.05) is 120 Å². The van der Waals surface area contributed by atoms with Gasteiger partial charge >= 0.3 is 19.8 Å². The molecule has 24 N–H and O–H groups in total. The van der Waals surface area contributed by atoms with Crippen LogP contribution in [0.5, 0.6) is 0 Å². The smallest absolute Gasteiger partial charge is 0.462 e. The van der Waals surface area contributed by atoms with Crippen LogP contribution in [0, 0.1) is 0 Å². The summed E-state index contributed by atoms with van der Waals surface area (Å²) in [5.41, 5.74) is 0. The van der Waals surface area contributed by atoms with Gasteiger partial charge in [-0.2, -0.15) is 0 Å². The number of hydrogen-bond acceptors (Lipinski definition) is 42. The van der Waals surface area contributed by atoms with E-state index in [9.17, 15) is 136 Å². The molecule has 714 valence electrons. The minimum absolute atomic E-state index is 0.0556. The summed E-state index contributed by atoms with van der Waals surface area (Å²) < 4.78 is 104. The van der Waals surface area contributed by atoms with Crippen LogP contribution < -0.4 is 0 Å². The van der Waals surface area contributed by atoms with Crippen LogP contribution >= 0.6 is 7.82 Å². The summed E-state index contributed by atoms with van der Waals surface area (Å²) in [6.07, 6.45) is -42.9. The lowest BCUT2D eigenvalue weighted by Crippen LogP contribution is -2.69. The summed E-state index contributed by atoms with van der Waals surface area (Å²) in [6.45, 7) is -3.07. The van der Waals surface area contributed by atoms with Gasteiger partial charge in [-0.25, -0.2) is 4.57 Å². The third-order valence-electron chi connectivity index (χ3n) is 22.2. The van der Waals surface area contributed by atoms with E-state index in [-0.39, 0.29) is 12.8 Å². The van der Waals surface area contributed by atoms with Gasteiger partial charge in [-0.15, -0.1) is 0 Å². The van der Waals surface area contributed by atoms with Crippen LogP contribution in [0.1, 0.15) is 155 Å². The monoisotopic (exact) mass is 1800 g/mol. The van der Waals surface area contributed by atoms with Crippen LogP contribution in [-0.4, -0.2) is 414 Å². The Hall–Kier alpha value is -3.39. The molecule has 0 spiro atoms. The lowest BCUT2D eigenvalue weighted by atomic mass is 9.84. The molecule has 6 aliphatic heterocycles. The first-order valence-corrected chi connectivity index (χ1v) is 44.0. The van der Waals surface area contributed by atoms with Gasteiger partial charge in [0.1, 0.15) is 190 Å². The molecule has 0 radical (unpaired) electrons. The standard InChI is InChI=1S/C79H135O43P/c1-3-5-7-9-11-13-15-17-18-20-21-23-25-27-29-31-48(82)107-35-41(113-49(83)32-30-28-26-24-22-19-16-14-12-10-8-6-4-2)36-112-123(105,106)122-73-71(120-78-69(103)57(91)51(85)43(34-81)115-78)63(97)62(96)64(98)72(73)121-79-70(104)61(95)55(89)47(119-79)40-111-77-68(102)60(94)54(88)46(118-77)39-110-76-67(101)59(93)53(87)45(117-76)38-109-75-66(100)58(92)52(86)44(116-75)37-108-74-65(99)56(90)50(84)42(33-80)114-74/h8,10-11,13-14,16-18,41-47,50-81,84-104H,3-7,9,12,15,19-40H2,1-2H3,(H,105,106)/b10-8-,13-11-,16-14-,18-17-/t41-,42?,43?,44?,45?,46?,47?,50+,51-,52+,53+,54+,55+,56?,57?,58?,59?,60?,61?,62+,63?,64?,65+,66+,67+,68+,69-,70+,71-,72?,73+,74-,75-,76-,77-,78-,79+/m1/s1. The number of aliphatic hydroxyl groups is 23. The number of aliphatic hydroxyl groups excluding tert-OH is 23. The van der Waals surface area contributed by atoms with Gasteiger partial charge in [0.05, 0.1) is 46.2 Å². The predicted molar refractivity (Wildman–Crippen MR) is 417 cm³/mol. The van der Waals surface area contributed by atoms with Crippen molar-refractivity contribution in [2.75, 3.05) is 52.9 Å².